The van der Waals surface area contributed by atoms with Gasteiger partial charge in [-0.2, -0.15) is 13.5 Å². The average molecular weight is 497 g/mol. The quantitative estimate of drug-likeness (QED) is 0.0710. The topological polar surface area (TPSA) is 178 Å². The molecule has 0 spiro atoms. The van der Waals surface area contributed by atoms with Crippen molar-refractivity contribution in [3.8, 4) is 5.75 Å². The number of amidine groups is 1. The van der Waals surface area contributed by atoms with Crippen LogP contribution in [0.25, 0.3) is 0 Å². The minimum atomic E-state index is -4.58. The summed E-state index contributed by atoms with van der Waals surface area (Å²) in [6, 6.07) is 12.7. The molecule has 3 aromatic rings. The van der Waals surface area contributed by atoms with Crippen molar-refractivity contribution in [1.82, 2.24) is 0 Å². The van der Waals surface area contributed by atoms with Crippen molar-refractivity contribution in [3.05, 3.63) is 82.4 Å². The van der Waals surface area contributed by atoms with E-state index in [0.717, 1.165) is 17.7 Å². The molecule has 11 nitrogen and oxygen atoms in total. The van der Waals surface area contributed by atoms with E-state index in [1.54, 1.807) is 31.2 Å². The first kappa shape index (κ1) is 25.2. The number of benzene rings is 3. The lowest BCUT2D eigenvalue weighted by atomic mass is 10.1. The highest BCUT2D eigenvalue weighted by Crippen LogP contribution is 2.31. The van der Waals surface area contributed by atoms with E-state index in [1.807, 2.05) is 0 Å². The van der Waals surface area contributed by atoms with Crippen LogP contribution in [0.1, 0.15) is 37.4 Å². The van der Waals surface area contributed by atoms with Gasteiger partial charge >= 0.3 is 5.97 Å². The van der Waals surface area contributed by atoms with E-state index < -0.39 is 21.0 Å². The zero-order valence-corrected chi connectivity index (χ0v) is 19.3. The second kappa shape index (κ2) is 10.2. The summed E-state index contributed by atoms with van der Waals surface area (Å²) in [5.41, 5.74) is 3.55. The number of carboxylic acids is 1. The van der Waals surface area contributed by atoms with Crippen LogP contribution in [0.5, 0.6) is 5.75 Å². The number of rotatable bonds is 7. The molecular formula is C23H20N4O7S. The standard InChI is InChI=1S/C23H20N4O7S/c1-13-7-8-15(12-28)19(9-13)24-26-22(17-5-3-4-6-18(17)23(30)31)27-25-20-11-16(35(32,33)34)10-14(2)21(20)29/h3-12,25,29H,1-2H3,(H,30,31)(H,32,33,34)/b26-24?,27-22-. The number of aromatic hydroxyl groups is 1. The van der Waals surface area contributed by atoms with Crippen LogP contribution in [0.4, 0.5) is 11.4 Å². The number of phenolic OH excluding ortho intramolecular Hbond substituents is 1. The second-order valence-corrected chi connectivity index (χ2v) is 8.81. The van der Waals surface area contributed by atoms with Crippen LogP contribution in [0.2, 0.25) is 0 Å². The van der Waals surface area contributed by atoms with E-state index in [1.165, 1.54) is 25.1 Å². The molecule has 0 aromatic heterocycles. The number of aryl methyl sites for hydroxylation is 2. The van der Waals surface area contributed by atoms with Crippen molar-refractivity contribution < 1.29 is 32.8 Å². The minimum absolute atomic E-state index is 0.0544. The lowest BCUT2D eigenvalue weighted by Gasteiger charge is -2.10. The maximum atomic E-state index is 11.7. The Morgan fingerprint density at radius 2 is 1.71 bits per heavy atom. The summed E-state index contributed by atoms with van der Waals surface area (Å²) in [4.78, 5) is 22.6. The van der Waals surface area contributed by atoms with Gasteiger partial charge in [-0.25, -0.2) is 4.79 Å². The van der Waals surface area contributed by atoms with Crippen molar-refractivity contribution in [1.29, 1.82) is 0 Å². The number of nitrogens with one attached hydrogen (secondary N) is 1. The number of aromatic carboxylic acids is 1. The first-order valence-corrected chi connectivity index (χ1v) is 11.4. The molecule has 180 valence electrons. The number of nitrogens with zero attached hydrogens (tertiary/aromatic N) is 3. The van der Waals surface area contributed by atoms with Gasteiger partial charge in [0.05, 0.1) is 21.8 Å². The molecule has 0 atom stereocenters. The van der Waals surface area contributed by atoms with Crippen LogP contribution in [-0.4, -0.2) is 41.3 Å². The van der Waals surface area contributed by atoms with Crippen molar-refractivity contribution in [2.45, 2.75) is 18.7 Å². The van der Waals surface area contributed by atoms with Crippen LogP contribution in [0, 0.1) is 13.8 Å². The van der Waals surface area contributed by atoms with Crippen LogP contribution in [-0.2, 0) is 10.1 Å². The summed E-state index contributed by atoms with van der Waals surface area (Å²) < 4.78 is 32.5. The van der Waals surface area contributed by atoms with Crippen LogP contribution in [0.3, 0.4) is 0 Å². The smallest absolute Gasteiger partial charge is 0.336 e. The molecule has 0 unspecified atom stereocenters. The molecular weight excluding hydrogens is 476 g/mol. The van der Waals surface area contributed by atoms with E-state index in [-0.39, 0.29) is 45.2 Å². The minimum Gasteiger partial charge on any atom is -0.505 e. The van der Waals surface area contributed by atoms with Gasteiger partial charge in [0.1, 0.15) is 5.75 Å². The molecule has 0 fully saturated rings. The van der Waals surface area contributed by atoms with Crippen molar-refractivity contribution in [3.63, 3.8) is 0 Å². The Labute approximate surface area is 200 Å². The van der Waals surface area contributed by atoms with Crippen LogP contribution < -0.4 is 5.43 Å². The number of azo groups is 1. The molecule has 0 aliphatic carbocycles. The fourth-order valence-corrected chi connectivity index (χ4v) is 3.63. The summed E-state index contributed by atoms with van der Waals surface area (Å²) in [6.45, 7) is 3.20. The fourth-order valence-electron chi connectivity index (χ4n) is 3.04. The van der Waals surface area contributed by atoms with Crippen LogP contribution >= 0.6 is 0 Å². The number of hydrogen-bond donors (Lipinski definition) is 4. The Kier molecular flexibility index (Phi) is 7.37. The number of carbonyl (C=O) groups excluding carboxylic acids is 1. The maximum Gasteiger partial charge on any atom is 0.336 e. The maximum absolute atomic E-state index is 11.7. The highest BCUT2D eigenvalue weighted by atomic mass is 32.2. The molecule has 0 bridgehead atoms. The molecule has 0 radical (unpaired) electrons. The van der Waals surface area contributed by atoms with Crippen molar-refractivity contribution in [2.24, 2.45) is 15.3 Å². The normalized spacial score (nSPS) is 12.0. The monoisotopic (exact) mass is 496 g/mol. The van der Waals surface area contributed by atoms with Gasteiger partial charge in [0.25, 0.3) is 10.1 Å². The third-order valence-electron chi connectivity index (χ3n) is 4.82. The van der Waals surface area contributed by atoms with E-state index in [4.69, 9.17) is 0 Å². The molecule has 3 rings (SSSR count). The SMILES string of the molecule is Cc1ccc(C=O)c(N=N/C(=N\Nc2cc(S(=O)(=O)O)cc(C)c2O)c2ccccc2C(=O)O)c1. The average Bonchev–Trinajstić information content (AvgIpc) is 2.81. The van der Waals surface area contributed by atoms with Crippen LogP contribution in [0.15, 0.2) is 74.8 Å². The third kappa shape index (κ3) is 5.93. The summed E-state index contributed by atoms with van der Waals surface area (Å²) in [6.07, 6.45) is 0.593. The van der Waals surface area contributed by atoms with Gasteiger partial charge in [-0.3, -0.25) is 14.8 Å². The lowest BCUT2D eigenvalue weighted by molar-refractivity contribution is 0.0696. The van der Waals surface area contributed by atoms with Gasteiger partial charge in [-0.15, -0.1) is 10.2 Å². The Bertz CT molecular complexity index is 1480. The van der Waals surface area contributed by atoms with Gasteiger partial charge in [-0.1, -0.05) is 24.3 Å². The highest BCUT2D eigenvalue weighted by molar-refractivity contribution is 7.85. The molecule has 12 heteroatoms. The van der Waals surface area contributed by atoms with Gasteiger partial charge in [-0.05, 0) is 55.3 Å². The fraction of sp³-hybridized carbons (Fsp3) is 0.0870. The molecule has 0 aliphatic heterocycles. The van der Waals surface area contributed by atoms with Gasteiger partial charge in [0.2, 0.25) is 5.84 Å². The predicted molar refractivity (Wildman–Crippen MR) is 127 cm³/mol. The largest absolute Gasteiger partial charge is 0.505 e. The Balaban J connectivity index is 2.15. The zero-order chi connectivity index (χ0) is 25.8. The van der Waals surface area contributed by atoms with Gasteiger partial charge in [0.15, 0.2) is 6.29 Å². The molecule has 4 N–H and O–H groups in total. The summed E-state index contributed by atoms with van der Waals surface area (Å²) in [7, 11) is -4.58. The molecule has 0 saturated carbocycles. The van der Waals surface area contributed by atoms with Gasteiger partial charge < -0.3 is 10.2 Å². The number of phenols is 1. The molecule has 0 saturated heterocycles. The number of anilines is 1. The number of hydrogen-bond acceptors (Lipinski definition) is 8. The molecule has 0 heterocycles. The molecule has 3 aromatic carbocycles. The number of carbonyl (C=O) groups is 2. The molecule has 0 amide bonds. The van der Waals surface area contributed by atoms with E-state index in [2.05, 4.69) is 20.8 Å². The Morgan fingerprint density at radius 3 is 2.34 bits per heavy atom. The Morgan fingerprint density at radius 1 is 1.03 bits per heavy atom. The lowest BCUT2D eigenvalue weighted by Crippen LogP contribution is -2.09. The first-order chi connectivity index (χ1) is 16.5. The zero-order valence-electron chi connectivity index (χ0n) is 18.5. The summed E-state index contributed by atoms with van der Waals surface area (Å²) in [5, 5.41) is 32.0. The second-order valence-electron chi connectivity index (χ2n) is 7.39. The van der Waals surface area contributed by atoms with E-state index >= 15 is 0 Å². The predicted octanol–water partition coefficient (Wildman–Crippen LogP) is 4.32. The van der Waals surface area contributed by atoms with E-state index in [0.29, 0.717) is 6.29 Å². The van der Waals surface area contributed by atoms with Crippen molar-refractivity contribution >= 4 is 39.6 Å². The molecule has 35 heavy (non-hydrogen) atoms. The third-order valence-corrected chi connectivity index (χ3v) is 5.65. The molecule has 0 aliphatic rings. The summed E-state index contributed by atoms with van der Waals surface area (Å²) >= 11 is 0. The first-order valence-electron chi connectivity index (χ1n) is 9.96. The van der Waals surface area contributed by atoms with Gasteiger partial charge in [0, 0.05) is 11.1 Å². The highest BCUT2D eigenvalue weighted by Gasteiger charge is 2.18. The Hall–Kier alpha value is -4.42. The summed E-state index contributed by atoms with van der Waals surface area (Å²) in [5.74, 6) is -1.86. The number of aldehydes is 1. The van der Waals surface area contributed by atoms with Crippen molar-refractivity contribution in [2.75, 3.05) is 5.43 Å². The number of carboxylic acid groups (broad SMARTS) is 1. The van der Waals surface area contributed by atoms with E-state index in [9.17, 15) is 32.8 Å². The number of hydrazone groups is 1.